The molecule has 1 aromatic rings. The van der Waals surface area contributed by atoms with Gasteiger partial charge in [-0.15, -0.1) is 12.6 Å². The third kappa shape index (κ3) is 3.60. The highest BCUT2D eigenvalue weighted by Crippen LogP contribution is 2.29. The number of nitrogens with zero attached hydrogens (tertiary/aromatic N) is 1. The fourth-order valence-electron chi connectivity index (χ4n) is 1.23. The zero-order valence-electron chi connectivity index (χ0n) is 8.35. The molecule has 1 aromatic carbocycles. The summed E-state index contributed by atoms with van der Waals surface area (Å²) in [6.45, 7) is -3.09. The third-order valence-corrected chi connectivity index (χ3v) is 2.26. The summed E-state index contributed by atoms with van der Waals surface area (Å²) < 4.78 is 28.4. The van der Waals surface area contributed by atoms with Crippen molar-refractivity contribution in [3.05, 3.63) is 23.3 Å². The standard InChI is InChI=1S/C10H7F2NO3S/c11-10(12)16-7-1-5(4-13)2-8(17)6(7)3-9(14)15/h1-2,10,17H,3H2,(H,14,15). The summed E-state index contributed by atoms with van der Waals surface area (Å²) in [5.41, 5.74) is 0.0833. The van der Waals surface area contributed by atoms with Gasteiger partial charge in [0.05, 0.1) is 18.1 Å². The molecule has 0 fully saturated rings. The number of ether oxygens (including phenoxy) is 1. The number of halogens is 2. The van der Waals surface area contributed by atoms with Gasteiger partial charge in [-0.2, -0.15) is 14.0 Å². The largest absolute Gasteiger partial charge is 0.481 e. The van der Waals surface area contributed by atoms with Crippen LogP contribution in [0.4, 0.5) is 8.78 Å². The highest BCUT2D eigenvalue weighted by molar-refractivity contribution is 7.80. The number of alkyl halides is 2. The van der Waals surface area contributed by atoms with E-state index in [2.05, 4.69) is 17.4 Å². The summed E-state index contributed by atoms with van der Waals surface area (Å²) in [5.74, 6) is -1.55. The molecule has 1 rings (SSSR count). The van der Waals surface area contributed by atoms with Crippen LogP contribution in [0.2, 0.25) is 0 Å². The first-order chi connectivity index (χ1) is 7.93. The van der Waals surface area contributed by atoms with E-state index in [0.717, 1.165) is 6.07 Å². The van der Waals surface area contributed by atoms with Gasteiger partial charge in [0.2, 0.25) is 0 Å². The molecule has 0 aliphatic rings. The quantitative estimate of drug-likeness (QED) is 0.812. The summed E-state index contributed by atoms with van der Waals surface area (Å²) in [6.07, 6.45) is -0.507. The first-order valence-corrected chi connectivity index (χ1v) is 4.81. The fraction of sp³-hybridized carbons (Fsp3) is 0.200. The molecule has 0 aliphatic carbocycles. The Kier molecular flexibility index (Phi) is 4.29. The molecule has 0 radical (unpaired) electrons. The van der Waals surface area contributed by atoms with E-state index >= 15 is 0 Å². The molecule has 0 heterocycles. The van der Waals surface area contributed by atoms with Crippen LogP contribution in [0.5, 0.6) is 5.75 Å². The molecule has 17 heavy (non-hydrogen) atoms. The lowest BCUT2D eigenvalue weighted by Crippen LogP contribution is -2.09. The number of carbonyl (C=O) groups is 1. The second-order valence-electron chi connectivity index (χ2n) is 3.03. The minimum absolute atomic E-state index is 0.0140. The van der Waals surface area contributed by atoms with Gasteiger partial charge < -0.3 is 9.84 Å². The molecule has 0 bridgehead atoms. The molecule has 0 amide bonds. The Labute approximate surface area is 101 Å². The molecular weight excluding hydrogens is 252 g/mol. The van der Waals surface area contributed by atoms with Gasteiger partial charge in [0.25, 0.3) is 0 Å². The van der Waals surface area contributed by atoms with Crippen molar-refractivity contribution in [1.82, 2.24) is 0 Å². The van der Waals surface area contributed by atoms with Gasteiger partial charge in [-0.25, -0.2) is 0 Å². The Morgan fingerprint density at radius 2 is 2.24 bits per heavy atom. The minimum Gasteiger partial charge on any atom is -0.481 e. The van der Waals surface area contributed by atoms with Crippen molar-refractivity contribution in [2.24, 2.45) is 0 Å². The lowest BCUT2D eigenvalue weighted by atomic mass is 10.1. The van der Waals surface area contributed by atoms with E-state index in [0.29, 0.717) is 0 Å². The first kappa shape index (κ1) is 13.3. The van der Waals surface area contributed by atoms with Gasteiger partial charge in [-0.1, -0.05) is 0 Å². The maximum absolute atomic E-state index is 12.1. The van der Waals surface area contributed by atoms with Crippen LogP contribution < -0.4 is 4.74 Å². The van der Waals surface area contributed by atoms with Crippen LogP contribution in [0.1, 0.15) is 11.1 Å². The van der Waals surface area contributed by atoms with Crippen LogP contribution in [0.15, 0.2) is 17.0 Å². The molecule has 0 spiro atoms. The number of carboxylic acids is 1. The van der Waals surface area contributed by atoms with Gasteiger partial charge in [0.15, 0.2) is 0 Å². The number of thiol groups is 1. The number of nitriles is 1. The highest BCUT2D eigenvalue weighted by Gasteiger charge is 2.16. The van der Waals surface area contributed by atoms with Crippen molar-refractivity contribution in [2.45, 2.75) is 17.9 Å². The molecule has 0 atom stereocenters. The predicted molar refractivity (Wildman–Crippen MR) is 56.4 cm³/mol. The average Bonchev–Trinajstić information content (AvgIpc) is 2.21. The van der Waals surface area contributed by atoms with E-state index in [-0.39, 0.29) is 21.8 Å². The molecule has 1 N–H and O–H groups in total. The van der Waals surface area contributed by atoms with Gasteiger partial charge >= 0.3 is 12.6 Å². The van der Waals surface area contributed by atoms with Crippen LogP contribution in [0.3, 0.4) is 0 Å². The normalized spacial score (nSPS) is 10.1. The van der Waals surface area contributed by atoms with E-state index < -0.39 is 19.0 Å². The maximum Gasteiger partial charge on any atom is 0.387 e. The second-order valence-corrected chi connectivity index (χ2v) is 3.51. The van der Waals surface area contributed by atoms with Crippen LogP contribution in [-0.4, -0.2) is 17.7 Å². The van der Waals surface area contributed by atoms with Crippen molar-refractivity contribution < 1.29 is 23.4 Å². The zero-order chi connectivity index (χ0) is 13.0. The fourth-order valence-corrected chi connectivity index (χ4v) is 1.55. The Morgan fingerprint density at radius 1 is 1.59 bits per heavy atom. The Hall–Kier alpha value is -1.81. The summed E-state index contributed by atoms with van der Waals surface area (Å²) in [5, 5.41) is 17.3. The summed E-state index contributed by atoms with van der Waals surface area (Å²) in [6, 6.07) is 4.09. The molecular formula is C10H7F2NO3S. The number of benzene rings is 1. The van der Waals surface area contributed by atoms with Crippen molar-refractivity contribution >= 4 is 18.6 Å². The van der Waals surface area contributed by atoms with E-state index in [4.69, 9.17) is 10.4 Å². The molecule has 0 aromatic heterocycles. The Bertz CT molecular complexity index is 485. The number of aliphatic carboxylic acids is 1. The van der Waals surface area contributed by atoms with E-state index in [1.807, 2.05) is 0 Å². The minimum atomic E-state index is -3.09. The van der Waals surface area contributed by atoms with Gasteiger partial charge in [0, 0.05) is 10.5 Å². The van der Waals surface area contributed by atoms with E-state index in [1.165, 1.54) is 6.07 Å². The molecule has 7 heteroatoms. The van der Waals surface area contributed by atoms with Crippen molar-refractivity contribution in [3.8, 4) is 11.8 Å². The van der Waals surface area contributed by atoms with Gasteiger partial charge in [-0.3, -0.25) is 4.79 Å². The maximum atomic E-state index is 12.1. The van der Waals surface area contributed by atoms with Crippen molar-refractivity contribution in [3.63, 3.8) is 0 Å². The topological polar surface area (TPSA) is 70.3 Å². The van der Waals surface area contributed by atoms with Crippen LogP contribution in [0, 0.1) is 11.3 Å². The van der Waals surface area contributed by atoms with Crippen molar-refractivity contribution in [2.75, 3.05) is 0 Å². The molecule has 0 saturated heterocycles. The van der Waals surface area contributed by atoms with Crippen LogP contribution >= 0.6 is 12.6 Å². The monoisotopic (exact) mass is 259 g/mol. The summed E-state index contributed by atoms with van der Waals surface area (Å²) in [4.78, 5) is 10.7. The highest BCUT2D eigenvalue weighted by atomic mass is 32.1. The smallest absolute Gasteiger partial charge is 0.387 e. The lowest BCUT2D eigenvalue weighted by molar-refractivity contribution is -0.136. The van der Waals surface area contributed by atoms with Crippen LogP contribution in [-0.2, 0) is 11.2 Å². The molecule has 0 saturated carbocycles. The Morgan fingerprint density at radius 3 is 2.71 bits per heavy atom. The Balaban J connectivity index is 3.24. The first-order valence-electron chi connectivity index (χ1n) is 4.36. The summed E-state index contributed by atoms with van der Waals surface area (Å²) >= 11 is 3.95. The van der Waals surface area contributed by atoms with Gasteiger partial charge in [0.1, 0.15) is 5.75 Å². The van der Waals surface area contributed by atoms with E-state index in [9.17, 15) is 13.6 Å². The number of hydrogen-bond acceptors (Lipinski definition) is 4. The number of rotatable bonds is 4. The number of hydrogen-bond donors (Lipinski definition) is 2. The number of carboxylic acid groups (broad SMARTS) is 1. The lowest BCUT2D eigenvalue weighted by Gasteiger charge is -2.11. The summed E-state index contributed by atoms with van der Waals surface area (Å²) in [7, 11) is 0. The molecule has 90 valence electrons. The van der Waals surface area contributed by atoms with Crippen LogP contribution in [0.25, 0.3) is 0 Å². The SMILES string of the molecule is N#Cc1cc(S)c(CC(=O)O)c(OC(F)F)c1. The molecule has 0 aliphatic heterocycles. The molecule has 0 unspecified atom stereocenters. The zero-order valence-corrected chi connectivity index (χ0v) is 9.25. The molecule has 4 nitrogen and oxygen atoms in total. The second kappa shape index (κ2) is 5.50. The van der Waals surface area contributed by atoms with Gasteiger partial charge in [-0.05, 0) is 12.1 Å². The third-order valence-electron chi connectivity index (χ3n) is 1.86. The predicted octanol–water partition coefficient (Wildman–Crippen LogP) is 2.08. The van der Waals surface area contributed by atoms with E-state index in [1.54, 1.807) is 6.07 Å². The van der Waals surface area contributed by atoms with Crippen molar-refractivity contribution in [1.29, 1.82) is 5.26 Å². The average molecular weight is 259 g/mol.